The SMILES string of the molecule is CC1CNCCN1c1nc(=O)n(-c2[c-]nccc2CCCO)c2nc(Cl)c(F)cc12.[Pr]. The number of rotatable bonds is 5. The molecule has 1 aliphatic rings. The zero-order valence-electron chi connectivity index (χ0n) is 17.0. The molecular weight excluding hydrogens is 552 g/mol. The number of piperazine rings is 1. The Kier molecular flexibility index (Phi) is 8.32. The maximum Gasteiger partial charge on any atom is 0.353 e. The van der Waals surface area contributed by atoms with Gasteiger partial charge in [-0.05, 0) is 25.1 Å². The number of pyridine rings is 2. The summed E-state index contributed by atoms with van der Waals surface area (Å²) < 4.78 is 15.6. The molecule has 4 heterocycles. The van der Waals surface area contributed by atoms with Crippen LogP contribution in [0.3, 0.4) is 0 Å². The van der Waals surface area contributed by atoms with E-state index in [-0.39, 0.29) is 64.7 Å². The molecule has 1 fully saturated rings. The standard InChI is InChI=1S/C20H21ClFN6O2.Pr/c1-12-10-24-6-7-27(12)18-14-9-15(22)17(21)25-19(14)28(20(30)26-18)16-11-23-5-4-13(16)3-2-8-29;/h4-5,9,12,24,29H,2-3,6-8,10H2,1H3;/q-1;. The van der Waals surface area contributed by atoms with E-state index in [9.17, 15) is 14.3 Å². The van der Waals surface area contributed by atoms with Gasteiger partial charge in [0.25, 0.3) is 0 Å². The van der Waals surface area contributed by atoms with E-state index in [1.54, 1.807) is 12.3 Å². The van der Waals surface area contributed by atoms with Crippen molar-refractivity contribution in [3.8, 4) is 5.69 Å². The molecule has 1 saturated heterocycles. The molecule has 1 aliphatic heterocycles. The number of aromatic nitrogens is 4. The van der Waals surface area contributed by atoms with Crippen molar-refractivity contribution in [3.63, 3.8) is 0 Å². The molecule has 1 atom stereocenters. The largest absolute Gasteiger partial charge is 0.396 e. The summed E-state index contributed by atoms with van der Waals surface area (Å²) in [7, 11) is 0. The normalized spacial score (nSPS) is 16.4. The van der Waals surface area contributed by atoms with Crippen LogP contribution in [0.5, 0.6) is 0 Å². The summed E-state index contributed by atoms with van der Waals surface area (Å²) in [5.74, 6) is -0.306. The summed E-state index contributed by atoms with van der Waals surface area (Å²) in [6.07, 6.45) is 5.40. The molecule has 4 rings (SSSR count). The molecule has 1 unspecified atom stereocenters. The van der Waals surface area contributed by atoms with Crippen LogP contribution < -0.4 is 15.9 Å². The number of fused-ring (bicyclic) bond motifs is 1. The van der Waals surface area contributed by atoms with Gasteiger partial charge in [-0.3, -0.25) is 4.57 Å². The van der Waals surface area contributed by atoms with Gasteiger partial charge in [0, 0.05) is 73.6 Å². The molecule has 2 N–H and O–H groups in total. The number of hydrogen-bond donors (Lipinski definition) is 2. The summed E-state index contributed by atoms with van der Waals surface area (Å²) in [5, 5.41) is 12.5. The Morgan fingerprint density at radius 1 is 1.42 bits per heavy atom. The molecule has 0 spiro atoms. The van der Waals surface area contributed by atoms with Gasteiger partial charge in [-0.2, -0.15) is 4.98 Å². The maximum absolute atomic E-state index is 14.4. The molecule has 0 aliphatic carbocycles. The summed E-state index contributed by atoms with van der Waals surface area (Å²) in [6, 6.07) is 3.08. The van der Waals surface area contributed by atoms with E-state index in [0.29, 0.717) is 36.3 Å². The second-order valence-electron chi connectivity index (χ2n) is 7.19. The Morgan fingerprint density at radius 3 is 2.97 bits per heavy atom. The smallest absolute Gasteiger partial charge is 0.353 e. The predicted molar refractivity (Wildman–Crippen MR) is 112 cm³/mol. The third kappa shape index (κ3) is 4.90. The molecule has 11 heteroatoms. The van der Waals surface area contributed by atoms with Crippen LogP contribution in [0, 0.1) is 53.3 Å². The van der Waals surface area contributed by atoms with Crippen LogP contribution >= 0.6 is 11.6 Å². The third-order valence-electron chi connectivity index (χ3n) is 5.18. The van der Waals surface area contributed by atoms with Crippen LogP contribution in [0.4, 0.5) is 10.2 Å². The van der Waals surface area contributed by atoms with Crippen LogP contribution in [0.15, 0.2) is 23.1 Å². The molecule has 0 bridgehead atoms. The predicted octanol–water partition coefficient (Wildman–Crippen LogP) is 1.49. The molecule has 161 valence electrons. The Labute approximate surface area is 216 Å². The van der Waals surface area contributed by atoms with Gasteiger partial charge in [-0.1, -0.05) is 30.4 Å². The van der Waals surface area contributed by atoms with E-state index < -0.39 is 11.5 Å². The van der Waals surface area contributed by atoms with Crippen LogP contribution in [0.2, 0.25) is 5.15 Å². The second kappa shape index (κ2) is 10.6. The van der Waals surface area contributed by atoms with Gasteiger partial charge >= 0.3 is 5.69 Å². The van der Waals surface area contributed by atoms with Gasteiger partial charge in [-0.15, -0.1) is 11.6 Å². The second-order valence-corrected chi connectivity index (χ2v) is 7.55. The number of anilines is 1. The first-order valence-electron chi connectivity index (χ1n) is 9.74. The summed E-state index contributed by atoms with van der Waals surface area (Å²) in [5.41, 5.74) is 0.725. The van der Waals surface area contributed by atoms with E-state index in [2.05, 4.69) is 26.5 Å². The number of nitrogens with one attached hydrogen (secondary N) is 1. The fourth-order valence-electron chi connectivity index (χ4n) is 3.70. The van der Waals surface area contributed by atoms with E-state index in [4.69, 9.17) is 11.6 Å². The molecule has 1 radical (unpaired) electrons. The van der Waals surface area contributed by atoms with Crippen molar-refractivity contribution >= 4 is 28.5 Å². The molecule has 0 saturated carbocycles. The van der Waals surface area contributed by atoms with Gasteiger partial charge in [0.1, 0.15) is 5.82 Å². The van der Waals surface area contributed by atoms with Gasteiger partial charge in [0.2, 0.25) is 0 Å². The van der Waals surface area contributed by atoms with Crippen LogP contribution in [0.1, 0.15) is 18.9 Å². The van der Waals surface area contributed by atoms with Crippen molar-refractivity contribution in [1.82, 2.24) is 24.8 Å². The van der Waals surface area contributed by atoms with Gasteiger partial charge in [0.15, 0.2) is 16.6 Å². The van der Waals surface area contributed by atoms with Gasteiger partial charge in [-0.25, -0.2) is 14.2 Å². The number of nitrogens with zero attached hydrogens (tertiary/aromatic N) is 5. The number of aliphatic hydroxyl groups excluding tert-OH is 1. The zero-order valence-corrected chi connectivity index (χ0v) is 21.4. The fraction of sp³-hybridized carbons (Fsp3) is 0.400. The fourth-order valence-corrected chi connectivity index (χ4v) is 3.84. The summed E-state index contributed by atoms with van der Waals surface area (Å²) >= 11 is 5.99. The topological polar surface area (TPSA) is 96.2 Å². The van der Waals surface area contributed by atoms with E-state index >= 15 is 0 Å². The quantitative estimate of drug-likeness (QED) is 0.353. The molecule has 0 aromatic carbocycles. The molecule has 31 heavy (non-hydrogen) atoms. The van der Waals surface area contributed by atoms with Crippen molar-refractivity contribution in [2.45, 2.75) is 25.8 Å². The first-order chi connectivity index (χ1) is 14.5. The van der Waals surface area contributed by atoms with Gasteiger partial charge < -0.3 is 20.3 Å². The Balaban J connectivity index is 0.00000272. The van der Waals surface area contributed by atoms with E-state index in [0.717, 1.165) is 18.7 Å². The summed E-state index contributed by atoms with van der Waals surface area (Å²) in [6.45, 7) is 4.08. The first kappa shape index (κ1) is 24.4. The van der Waals surface area contributed by atoms with E-state index in [1.807, 2.05) is 11.8 Å². The van der Waals surface area contributed by atoms with E-state index in [1.165, 1.54) is 10.6 Å². The maximum atomic E-state index is 14.4. The summed E-state index contributed by atoms with van der Waals surface area (Å²) in [4.78, 5) is 27.6. The van der Waals surface area contributed by atoms with Crippen LogP contribution in [0.25, 0.3) is 16.7 Å². The Bertz CT molecular complexity index is 1140. The molecule has 8 nitrogen and oxygen atoms in total. The minimum Gasteiger partial charge on any atom is -0.396 e. The van der Waals surface area contributed by atoms with Crippen LogP contribution in [-0.4, -0.2) is 56.9 Å². The van der Waals surface area contributed by atoms with Crippen molar-refractivity contribution in [2.75, 3.05) is 31.1 Å². The molecule has 0 amide bonds. The van der Waals surface area contributed by atoms with Crippen LogP contribution in [-0.2, 0) is 6.42 Å². The minimum absolute atomic E-state index is 0. The number of halogens is 2. The number of hydrogen-bond acceptors (Lipinski definition) is 7. The molecule has 3 aromatic rings. The van der Waals surface area contributed by atoms with Crippen molar-refractivity contribution in [3.05, 3.63) is 51.5 Å². The monoisotopic (exact) mass is 572 g/mol. The van der Waals surface area contributed by atoms with Gasteiger partial charge in [0.05, 0.1) is 5.39 Å². The average molecular weight is 573 g/mol. The Morgan fingerprint density at radius 2 is 2.23 bits per heavy atom. The van der Waals surface area contributed by atoms with Crippen molar-refractivity contribution in [2.24, 2.45) is 0 Å². The minimum atomic E-state index is -0.684. The zero-order chi connectivity index (χ0) is 21.3. The third-order valence-corrected chi connectivity index (χ3v) is 5.45. The van der Waals surface area contributed by atoms with Crippen molar-refractivity contribution in [1.29, 1.82) is 0 Å². The van der Waals surface area contributed by atoms with Crippen molar-refractivity contribution < 1.29 is 50.8 Å². The molecule has 3 aromatic heterocycles. The Hall–Kier alpha value is -1.26. The first-order valence-corrected chi connectivity index (χ1v) is 10.1. The number of aliphatic hydroxyl groups is 1. The molecular formula is C20H21ClFN6O2Pr-. The number of aryl methyl sites for hydroxylation is 1. The average Bonchev–Trinajstić information content (AvgIpc) is 2.74.